The number of nitrogens with one attached hydrogen (secondary N) is 2. The zero-order valence-corrected chi connectivity index (χ0v) is 15.0. The van der Waals surface area contributed by atoms with Gasteiger partial charge in [-0.1, -0.05) is 17.7 Å². The molecule has 1 aromatic carbocycles. The van der Waals surface area contributed by atoms with Crippen molar-refractivity contribution in [1.82, 2.24) is 24.8 Å². The molecule has 0 saturated heterocycles. The summed E-state index contributed by atoms with van der Waals surface area (Å²) in [5.74, 6) is 0. The lowest BCUT2D eigenvalue weighted by atomic mass is 10.0. The van der Waals surface area contributed by atoms with E-state index in [-0.39, 0.29) is 6.03 Å². The molecule has 0 atom stereocenters. The molecule has 7 heteroatoms. The number of aryl methyl sites for hydroxylation is 1. The van der Waals surface area contributed by atoms with Gasteiger partial charge < -0.3 is 10.3 Å². The van der Waals surface area contributed by atoms with Crippen LogP contribution < -0.4 is 5.32 Å². The van der Waals surface area contributed by atoms with Crippen molar-refractivity contribution in [2.45, 2.75) is 6.92 Å². The fourth-order valence-corrected chi connectivity index (χ4v) is 3.23. The van der Waals surface area contributed by atoms with E-state index < -0.39 is 0 Å². The molecule has 4 rings (SSSR count). The van der Waals surface area contributed by atoms with Crippen LogP contribution in [-0.2, 0) is 0 Å². The van der Waals surface area contributed by atoms with Crippen LogP contribution in [0.15, 0.2) is 49.1 Å². The Labute approximate surface area is 154 Å². The Morgan fingerprint density at radius 2 is 2.08 bits per heavy atom. The van der Waals surface area contributed by atoms with Crippen molar-refractivity contribution < 1.29 is 4.79 Å². The van der Waals surface area contributed by atoms with Crippen molar-refractivity contribution in [1.29, 1.82) is 0 Å². The Morgan fingerprint density at radius 1 is 1.23 bits per heavy atom. The first-order chi connectivity index (χ1) is 12.6. The van der Waals surface area contributed by atoms with Crippen LogP contribution in [-0.4, -0.2) is 32.6 Å². The lowest BCUT2D eigenvalue weighted by Crippen LogP contribution is -2.24. The van der Waals surface area contributed by atoms with Crippen LogP contribution in [0.1, 0.15) is 5.56 Å². The minimum atomic E-state index is -0.242. The van der Waals surface area contributed by atoms with Crippen molar-refractivity contribution in [2.24, 2.45) is 0 Å². The second-order valence-electron chi connectivity index (χ2n) is 5.96. The first-order valence-electron chi connectivity index (χ1n) is 8.08. The number of carbonyl (C=O) groups is 1. The molecular formula is C19H16ClN5O. The number of fused-ring (bicyclic) bond motifs is 1. The van der Waals surface area contributed by atoms with Crippen LogP contribution in [0.4, 0.5) is 4.79 Å². The number of H-pyrrole nitrogens is 1. The Balaban J connectivity index is 1.97. The van der Waals surface area contributed by atoms with Crippen LogP contribution in [0.5, 0.6) is 0 Å². The summed E-state index contributed by atoms with van der Waals surface area (Å²) in [7, 11) is 1.60. The Hall–Kier alpha value is -3.12. The number of carbonyl (C=O) groups excluding carboxylic acids is 1. The number of hydrogen-bond acceptors (Lipinski definition) is 3. The molecule has 0 aliphatic carbocycles. The first kappa shape index (κ1) is 16.4. The molecule has 0 unspecified atom stereocenters. The van der Waals surface area contributed by atoms with Gasteiger partial charge in [-0.15, -0.1) is 0 Å². The molecule has 0 saturated carbocycles. The average Bonchev–Trinajstić information content (AvgIpc) is 3.29. The Bertz CT molecular complexity index is 1130. The third-order valence-corrected chi connectivity index (χ3v) is 4.59. The summed E-state index contributed by atoms with van der Waals surface area (Å²) >= 11 is 6.17. The summed E-state index contributed by atoms with van der Waals surface area (Å²) in [6.45, 7) is 2.01. The molecule has 0 aliphatic rings. The molecule has 6 nitrogen and oxygen atoms in total. The predicted molar refractivity (Wildman–Crippen MR) is 102 cm³/mol. The molecule has 26 heavy (non-hydrogen) atoms. The van der Waals surface area contributed by atoms with Gasteiger partial charge in [-0.2, -0.15) is 0 Å². The highest BCUT2D eigenvalue weighted by Gasteiger charge is 2.18. The smallest absolute Gasteiger partial charge is 0.325 e. The van der Waals surface area contributed by atoms with E-state index in [1.165, 1.54) is 6.33 Å². The maximum absolute atomic E-state index is 12.5. The summed E-state index contributed by atoms with van der Waals surface area (Å²) < 4.78 is 1.56. The van der Waals surface area contributed by atoms with E-state index in [0.717, 1.165) is 27.7 Å². The zero-order valence-electron chi connectivity index (χ0n) is 14.2. The fourth-order valence-electron chi connectivity index (χ4n) is 3.06. The SMILES string of the molecule is CNC(=O)n1cc(-c2cc(Cl)ccc2C)cc1-c1ncnc2[nH]ccc12. The number of halogens is 1. The summed E-state index contributed by atoms with van der Waals surface area (Å²) in [6, 6.07) is 9.32. The van der Waals surface area contributed by atoms with Crippen molar-refractivity contribution in [2.75, 3.05) is 7.05 Å². The molecule has 130 valence electrons. The predicted octanol–water partition coefficient (Wildman–Crippen LogP) is 4.24. The quantitative estimate of drug-likeness (QED) is 0.557. The fraction of sp³-hybridized carbons (Fsp3) is 0.105. The monoisotopic (exact) mass is 365 g/mol. The third-order valence-electron chi connectivity index (χ3n) is 4.36. The number of amides is 1. The number of aromatic nitrogens is 4. The number of nitrogens with zero attached hydrogens (tertiary/aromatic N) is 3. The maximum atomic E-state index is 12.5. The van der Waals surface area contributed by atoms with E-state index >= 15 is 0 Å². The van der Waals surface area contributed by atoms with Crippen LogP contribution in [0.2, 0.25) is 5.02 Å². The van der Waals surface area contributed by atoms with Crippen molar-refractivity contribution in [3.63, 3.8) is 0 Å². The topological polar surface area (TPSA) is 75.6 Å². The lowest BCUT2D eigenvalue weighted by molar-refractivity contribution is 0.245. The molecule has 3 aromatic heterocycles. The van der Waals surface area contributed by atoms with E-state index in [2.05, 4.69) is 20.3 Å². The van der Waals surface area contributed by atoms with Crippen LogP contribution >= 0.6 is 11.6 Å². The minimum absolute atomic E-state index is 0.242. The van der Waals surface area contributed by atoms with Crippen molar-refractivity contribution in [3.05, 3.63) is 59.6 Å². The van der Waals surface area contributed by atoms with Gasteiger partial charge >= 0.3 is 6.03 Å². The van der Waals surface area contributed by atoms with E-state index in [4.69, 9.17) is 11.6 Å². The highest BCUT2D eigenvalue weighted by atomic mass is 35.5. The number of hydrogen-bond donors (Lipinski definition) is 2. The molecule has 0 aliphatic heterocycles. The largest absolute Gasteiger partial charge is 0.346 e. The van der Waals surface area contributed by atoms with Crippen LogP contribution in [0.25, 0.3) is 33.5 Å². The van der Waals surface area contributed by atoms with Crippen LogP contribution in [0.3, 0.4) is 0 Å². The number of rotatable bonds is 2. The lowest BCUT2D eigenvalue weighted by Gasteiger charge is -2.07. The highest BCUT2D eigenvalue weighted by Crippen LogP contribution is 2.33. The summed E-state index contributed by atoms with van der Waals surface area (Å²) in [5, 5.41) is 4.17. The molecule has 1 amide bonds. The van der Waals surface area contributed by atoms with Gasteiger partial charge in [0.2, 0.25) is 0 Å². The minimum Gasteiger partial charge on any atom is -0.346 e. The number of aromatic amines is 1. The molecule has 0 spiro atoms. The molecule has 3 heterocycles. The van der Waals surface area contributed by atoms with Gasteiger partial charge in [0.25, 0.3) is 0 Å². The van der Waals surface area contributed by atoms with Gasteiger partial charge in [0.15, 0.2) is 0 Å². The molecule has 0 radical (unpaired) electrons. The summed E-state index contributed by atoms with van der Waals surface area (Å²) in [4.78, 5) is 24.2. The zero-order chi connectivity index (χ0) is 18.3. The standard InChI is InChI=1S/C19H16ClN5O/c1-11-3-4-13(20)8-15(11)12-7-16(25(9-12)19(26)21-2)17-14-5-6-22-18(14)24-10-23-17/h3-10H,1-2H3,(H,21,26)(H,22,23,24). The first-order valence-corrected chi connectivity index (χ1v) is 8.45. The van der Waals surface area contributed by atoms with E-state index in [1.807, 2.05) is 37.3 Å². The van der Waals surface area contributed by atoms with Crippen molar-refractivity contribution in [3.8, 4) is 22.5 Å². The van der Waals surface area contributed by atoms with Crippen LogP contribution in [0, 0.1) is 6.92 Å². The van der Waals surface area contributed by atoms with E-state index in [1.54, 1.807) is 24.0 Å². The highest BCUT2D eigenvalue weighted by molar-refractivity contribution is 6.30. The van der Waals surface area contributed by atoms with Gasteiger partial charge in [0.1, 0.15) is 17.7 Å². The Morgan fingerprint density at radius 3 is 2.88 bits per heavy atom. The molecule has 0 fully saturated rings. The molecule has 2 N–H and O–H groups in total. The molecule has 4 aromatic rings. The number of benzene rings is 1. The van der Waals surface area contributed by atoms with Gasteiger partial charge in [-0.05, 0) is 42.3 Å². The van der Waals surface area contributed by atoms with Gasteiger partial charge in [-0.25, -0.2) is 14.8 Å². The average molecular weight is 366 g/mol. The van der Waals surface area contributed by atoms with Gasteiger partial charge in [0.05, 0.1) is 5.69 Å². The van der Waals surface area contributed by atoms with E-state index in [9.17, 15) is 4.79 Å². The second-order valence-corrected chi connectivity index (χ2v) is 6.40. The second kappa shape index (κ2) is 6.31. The molecular weight excluding hydrogens is 350 g/mol. The summed E-state index contributed by atoms with van der Waals surface area (Å²) in [5.41, 5.74) is 5.04. The van der Waals surface area contributed by atoms with Crippen molar-refractivity contribution >= 4 is 28.7 Å². The molecule has 0 bridgehead atoms. The summed E-state index contributed by atoms with van der Waals surface area (Å²) in [6.07, 6.45) is 5.09. The Kier molecular flexibility index (Phi) is 3.97. The maximum Gasteiger partial charge on any atom is 0.325 e. The normalized spacial score (nSPS) is 11.0. The van der Waals surface area contributed by atoms with E-state index in [0.29, 0.717) is 16.4 Å². The van der Waals surface area contributed by atoms with Gasteiger partial charge in [0, 0.05) is 35.4 Å². The third kappa shape index (κ3) is 2.64. The van der Waals surface area contributed by atoms with Gasteiger partial charge in [-0.3, -0.25) is 4.57 Å².